The maximum absolute atomic E-state index is 13.5. The standard InChI is InChI=1S/C16H22BrFN2O/c1-10-3-5-16(9-19,6-4-10)15(21)20-14-8-12(17)13(18)7-11(14)2/h7-8,10H,3-6,9,19H2,1-2H3,(H,20,21). The molecule has 0 atom stereocenters. The van der Waals surface area contributed by atoms with Crippen LogP contribution >= 0.6 is 15.9 Å². The summed E-state index contributed by atoms with van der Waals surface area (Å²) in [4.78, 5) is 12.7. The van der Waals surface area contributed by atoms with Crippen molar-refractivity contribution in [2.75, 3.05) is 11.9 Å². The highest BCUT2D eigenvalue weighted by molar-refractivity contribution is 9.10. The Morgan fingerprint density at radius 3 is 2.67 bits per heavy atom. The number of benzene rings is 1. The lowest BCUT2D eigenvalue weighted by atomic mass is 9.70. The number of amides is 1. The molecule has 1 amide bonds. The number of rotatable bonds is 3. The highest BCUT2D eigenvalue weighted by Crippen LogP contribution is 2.39. The molecule has 1 aliphatic rings. The molecule has 0 heterocycles. The zero-order valence-corrected chi connectivity index (χ0v) is 14.1. The molecule has 0 aliphatic heterocycles. The Kier molecular flexibility index (Phi) is 5.04. The first-order chi connectivity index (χ1) is 9.88. The largest absolute Gasteiger partial charge is 0.329 e. The van der Waals surface area contributed by atoms with Crippen molar-refractivity contribution in [3.63, 3.8) is 0 Å². The van der Waals surface area contributed by atoms with Gasteiger partial charge in [-0.3, -0.25) is 4.79 Å². The van der Waals surface area contributed by atoms with E-state index in [4.69, 9.17) is 5.73 Å². The Balaban J connectivity index is 2.18. The van der Waals surface area contributed by atoms with E-state index >= 15 is 0 Å². The second-order valence-corrected chi connectivity index (χ2v) is 7.06. The first-order valence-electron chi connectivity index (χ1n) is 7.35. The van der Waals surface area contributed by atoms with Crippen LogP contribution in [0.1, 0.15) is 38.2 Å². The molecule has 1 fully saturated rings. The molecule has 5 heteroatoms. The first-order valence-corrected chi connectivity index (χ1v) is 8.14. The smallest absolute Gasteiger partial charge is 0.231 e. The van der Waals surface area contributed by atoms with Crippen molar-refractivity contribution in [1.82, 2.24) is 0 Å². The van der Waals surface area contributed by atoms with Gasteiger partial charge in [-0.15, -0.1) is 0 Å². The number of nitrogens with one attached hydrogen (secondary N) is 1. The van der Waals surface area contributed by atoms with Gasteiger partial charge < -0.3 is 11.1 Å². The maximum Gasteiger partial charge on any atom is 0.231 e. The zero-order valence-electron chi connectivity index (χ0n) is 12.5. The summed E-state index contributed by atoms with van der Waals surface area (Å²) in [6.45, 7) is 4.34. The topological polar surface area (TPSA) is 55.1 Å². The van der Waals surface area contributed by atoms with Gasteiger partial charge in [0, 0.05) is 12.2 Å². The van der Waals surface area contributed by atoms with Crippen LogP contribution < -0.4 is 11.1 Å². The van der Waals surface area contributed by atoms with Gasteiger partial charge in [0.25, 0.3) is 0 Å². The summed E-state index contributed by atoms with van der Waals surface area (Å²) in [7, 11) is 0. The SMILES string of the molecule is Cc1cc(F)c(Br)cc1NC(=O)C1(CN)CCC(C)CC1. The van der Waals surface area contributed by atoms with E-state index in [9.17, 15) is 9.18 Å². The summed E-state index contributed by atoms with van der Waals surface area (Å²) >= 11 is 3.15. The third-order valence-electron chi connectivity index (χ3n) is 4.62. The fourth-order valence-electron chi connectivity index (χ4n) is 2.87. The van der Waals surface area contributed by atoms with Gasteiger partial charge in [0.1, 0.15) is 5.82 Å². The second-order valence-electron chi connectivity index (χ2n) is 6.20. The fourth-order valence-corrected chi connectivity index (χ4v) is 3.22. The van der Waals surface area contributed by atoms with E-state index in [1.807, 2.05) is 0 Å². The number of hydrogen-bond donors (Lipinski definition) is 2. The van der Waals surface area contributed by atoms with Crippen LogP contribution in [0.2, 0.25) is 0 Å². The van der Waals surface area contributed by atoms with E-state index in [0.29, 0.717) is 28.2 Å². The van der Waals surface area contributed by atoms with E-state index in [0.717, 1.165) is 25.7 Å². The highest BCUT2D eigenvalue weighted by Gasteiger charge is 2.39. The molecule has 0 radical (unpaired) electrons. The average Bonchev–Trinajstić information content (AvgIpc) is 2.46. The van der Waals surface area contributed by atoms with Gasteiger partial charge in [-0.2, -0.15) is 0 Å². The van der Waals surface area contributed by atoms with Crippen LogP contribution in [-0.4, -0.2) is 12.5 Å². The van der Waals surface area contributed by atoms with Crippen molar-refractivity contribution in [3.05, 3.63) is 28.0 Å². The number of hydrogen-bond acceptors (Lipinski definition) is 2. The summed E-state index contributed by atoms with van der Waals surface area (Å²) < 4.78 is 13.8. The van der Waals surface area contributed by atoms with E-state index in [1.165, 1.54) is 6.07 Å². The van der Waals surface area contributed by atoms with Crippen molar-refractivity contribution >= 4 is 27.5 Å². The molecule has 1 saturated carbocycles. The van der Waals surface area contributed by atoms with Crippen molar-refractivity contribution < 1.29 is 9.18 Å². The lowest BCUT2D eigenvalue weighted by Crippen LogP contribution is -2.44. The van der Waals surface area contributed by atoms with Crippen LogP contribution in [0.4, 0.5) is 10.1 Å². The zero-order chi connectivity index (χ0) is 15.6. The third kappa shape index (κ3) is 3.46. The Labute approximate surface area is 133 Å². The fraction of sp³-hybridized carbons (Fsp3) is 0.562. The first kappa shape index (κ1) is 16.4. The summed E-state index contributed by atoms with van der Waals surface area (Å²) in [5.74, 6) is 0.281. The van der Waals surface area contributed by atoms with Gasteiger partial charge in [-0.1, -0.05) is 6.92 Å². The van der Waals surface area contributed by atoms with Gasteiger partial charge in [0.05, 0.1) is 9.89 Å². The molecule has 2 rings (SSSR count). The van der Waals surface area contributed by atoms with Gasteiger partial charge in [-0.25, -0.2) is 4.39 Å². The van der Waals surface area contributed by atoms with Gasteiger partial charge in [0.15, 0.2) is 0 Å². The number of carbonyl (C=O) groups is 1. The Morgan fingerprint density at radius 2 is 2.10 bits per heavy atom. The lowest BCUT2D eigenvalue weighted by molar-refractivity contribution is -0.127. The molecule has 116 valence electrons. The van der Waals surface area contributed by atoms with E-state index < -0.39 is 5.41 Å². The van der Waals surface area contributed by atoms with Crippen LogP contribution in [0.15, 0.2) is 16.6 Å². The minimum Gasteiger partial charge on any atom is -0.329 e. The molecular weight excluding hydrogens is 335 g/mol. The van der Waals surface area contributed by atoms with Crippen LogP contribution in [-0.2, 0) is 4.79 Å². The average molecular weight is 357 g/mol. The van der Waals surface area contributed by atoms with Crippen LogP contribution in [0, 0.1) is 24.1 Å². The molecular formula is C16H22BrFN2O. The van der Waals surface area contributed by atoms with Crippen molar-refractivity contribution in [1.29, 1.82) is 0 Å². The van der Waals surface area contributed by atoms with Gasteiger partial charge >= 0.3 is 0 Å². The summed E-state index contributed by atoms with van der Waals surface area (Å²) in [5, 5.41) is 2.94. The number of carbonyl (C=O) groups excluding carboxylic acids is 1. The number of halogens is 2. The monoisotopic (exact) mass is 356 g/mol. The van der Waals surface area contributed by atoms with Crippen LogP contribution in [0.5, 0.6) is 0 Å². The molecule has 21 heavy (non-hydrogen) atoms. The molecule has 3 nitrogen and oxygen atoms in total. The molecule has 1 aromatic carbocycles. The molecule has 3 N–H and O–H groups in total. The minimum absolute atomic E-state index is 0.0430. The summed E-state index contributed by atoms with van der Waals surface area (Å²) in [6, 6.07) is 3.02. The van der Waals surface area contributed by atoms with E-state index in [-0.39, 0.29) is 11.7 Å². The number of anilines is 1. The Bertz CT molecular complexity index is 539. The predicted octanol–water partition coefficient (Wildman–Crippen LogP) is 3.99. The lowest BCUT2D eigenvalue weighted by Gasteiger charge is -2.37. The molecule has 1 aromatic rings. The Hall–Kier alpha value is -0.940. The summed E-state index contributed by atoms with van der Waals surface area (Å²) in [5.41, 5.74) is 6.76. The van der Waals surface area contributed by atoms with Crippen molar-refractivity contribution in [2.24, 2.45) is 17.1 Å². The summed E-state index contributed by atoms with van der Waals surface area (Å²) in [6.07, 6.45) is 3.68. The normalized spacial score (nSPS) is 25.7. The number of nitrogens with two attached hydrogens (primary N) is 1. The molecule has 0 bridgehead atoms. The Morgan fingerprint density at radius 1 is 1.48 bits per heavy atom. The molecule has 0 unspecified atom stereocenters. The highest BCUT2D eigenvalue weighted by atomic mass is 79.9. The van der Waals surface area contributed by atoms with E-state index in [2.05, 4.69) is 28.2 Å². The third-order valence-corrected chi connectivity index (χ3v) is 5.23. The second kappa shape index (κ2) is 6.44. The predicted molar refractivity (Wildman–Crippen MR) is 86.6 cm³/mol. The van der Waals surface area contributed by atoms with E-state index in [1.54, 1.807) is 13.0 Å². The minimum atomic E-state index is -0.486. The van der Waals surface area contributed by atoms with Gasteiger partial charge in [-0.05, 0) is 72.2 Å². The quantitative estimate of drug-likeness (QED) is 0.860. The van der Waals surface area contributed by atoms with Gasteiger partial charge in [0.2, 0.25) is 5.91 Å². The van der Waals surface area contributed by atoms with Crippen LogP contribution in [0.3, 0.4) is 0 Å². The molecule has 1 aliphatic carbocycles. The van der Waals surface area contributed by atoms with Crippen molar-refractivity contribution in [2.45, 2.75) is 39.5 Å². The molecule has 0 aromatic heterocycles. The number of aryl methyl sites for hydroxylation is 1. The maximum atomic E-state index is 13.5. The molecule has 0 saturated heterocycles. The van der Waals surface area contributed by atoms with Crippen LogP contribution in [0.25, 0.3) is 0 Å². The van der Waals surface area contributed by atoms with Crippen molar-refractivity contribution in [3.8, 4) is 0 Å². The molecule has 0 spiro atoms.